The first-order chi connectivity index (χ1) is 11.2. The SMILES string of the molecule is CCCCCC(SCc1ccccc1)C(NC=O)C(=O)OCC. The molecule has 0 fully saturated rings. The van der Waals surface area contributed by atoms with Crippen molar-refractivity contribution in [2.45, 2.75) is 56.6 Å². The van der Waals surface area contributed by atoms with Crippen LogP contribution >= 0.6 is 11.8 Å². The number of unbranched alkanes of at least 4 members (excludes halogenated alkanes) is 2. The van der Waals surface area contributed by atoms with Crippen molar-refractivity contribution in [2.24, 2.45) is 0 Å². The molecule has 0 spiro atoms. The quantitative estimate of drug-likeness (QED) is 0.360. The summed E-state index contributed by atoms with van der Waals surface area (Å²) >= 11 is 1.71. The number of ether oxygens (including phenoxy) is 1. The van der Waals surface area contributed by atoms with E-state index >= 15 is 0 Å². The van der Waals surface area contributed by atoms with Gasteiger partial charge in [-0.15, -0.1) is 0 Å². The normalized spacial score (nSPS) is 13.1. The Bertz CT molecular complexity index is 453. The predicted octanol–water partition coefficient (Wildman–Crippen LogP) is 3.55. The molecule has 0 radical (unpaired) electrons. The zero-order valence-electron chi connectivity index (χ0n) is 14.0. The second-order valence-electron chi connectivity index (χ2n) is 5.35. The Morgan fingerprint density at radius 1 is 1.26 bits per heavy atom. The molecule has 0 saturated heterocycles. The van der Waals surface area contributed by atoms with Crippen LogP contribution in [-0.4, -0.2) is 30.3 Å². The molecule has 1 amide bonds. The monoisotopic (exact) mass is 337 g/mol. The van der Waals surface area contributed by atoms with Crippen molar-refractivity contribution >= 4 is 24.1 Å². The second-order valence-corrected chi connectivity index (χ2v) is 6.57. The van der Waals surface area contributed by atoms with Crippen molar-refractivity contribution in [3.8, 4) is 0 Å². The predicted molar refractivity (Wildman–Crippen MR) is 95.3 cm³/mol. The minimum Gasteiger partial charge on any atom is -0.464 e. The number of nitrogens with one attached hydrogen (secondary N) is 1. The van der Waals surface area contributed by atoms with E-state index in [1.807, 2.05) is 18.2 Å². The second kappa shape index (κ2) is 12.0. The first-order valence-corrected chi connectivity index (χ1v) is 9.29. The maximum atomic E-state index is 12.2. The van der Waals surface area contributed by atoms with Gasteiger partial charge in [0.15, 0.2) is 0 Å². The molecule has 0 aliphatic carbocycles. The highest BCUT2D eigenvalue weighted by Crippen LogP contribution is 2.26. The van der Waals surface area contributed by atoms with Crippen LogP contribution in [-0.2, 0) is 20.1 Å². The number of amides is 1. The van der Waals surface area contributed by atoms with E-state index in [-0.39, 0.29) is 11.2 Å². The molecule has 1 N–H and O–H groups in total. The van der Waals surface area contributed by atoms with Gasteiger partial charge >= 0.3 is 5.97 Å². The van der Waals surface area contributed by atoms with Crippen LogP contribution in [0.5, 0.6) is 0 Å². The summed E-state index contributed by atoms with van der Waals surface area (Å²) in [5, 5.41) is 2.67. The molecule has 1 rings (SSSR count). The fourth-order valence-corrected chi connectivity index (χ4v) is 3.67. The largest absolute Gasteiger partial charge is 0.464 e. The molecule has 1 aromatic rings. The average Bonchev–Trinajstić information content (AvgIpc) is 2.57. The van der Waals surface area contributed by atoms with Gasteiger partial charge in [0.25, 0.3) is 0 Å². The Hall–Kier alpha value is -1.49. The van der Waals surface area contributed by atoms with Gasteiger partial charge in [0.1, 0.15) is 6.04 Å². The van der Waals surface area contributed by atoms with E-state index < -0.39 is 6.04 Å². The van der Waals surface area contributed by atoms with Gasteiger partial charge in [0, 0.05) is 11.0 Å². The summed E-state index contributed by atoms with van der Waals surface area (Å²) in [5.74, 6) is 0.468. The van der Waals surface area contributed by atoms with Crippen LogP contribution < -0.4 is 5.32 Å². The summed E-state index contributed by atoms with van der Waals surface area (Å²) < 4.78 is 5.12. The third-order valence-electron chi connectivity index (χ3n) is 3.56. The molecule has 2 atom stereocenters. The number of rotatable bonds is 12. The Kier molecular flexibility index (Phi) is 10.2. The molecule has 23 heavy (non-hydrogen) atoms. The third kappa shape index (κ3) is 7.55. The van der Waals surface area contributed by atoms with Crippen LogP contribution in [0.2, 0.25) is 0 Å². The van der Waals surface area contributed by atoms with Crippen molar-refractivity contribution in [3.63, 3.8) is 0 Å². The van der Waals surface area contributed by atoms with Crippen molar-refractivity contribution in [2.75, 3.05) is 6.61 Å². The number of hydrogen-bond acceptors (Lipinski definition) is 4. The van der Waals surface area contributed by atoms with Gasteiger partial charge in [-0.05, 0) is 18.9 Å². The van der Waals surface area contributed by atoms with Crippen molar-refractivity contribution in [1.29, 1.82) is 0 Å². The van der Waals surface area contributed by atoms with Gasteiger partial charge in [0.05, 0.1) is 6.61 Å². The Morgan fingerprint density at radius 3 is 2.61 bits per heavy atom. The number of benzene rings is 1. The summed E-state index contributed by atoms with van der Waals surface area (Å²) in [5.41, 5.74) is 1.21. The zero-order valence-corrected chi connectivity index (χ0v) is 14.8. The van der Waals surface area contributed by atoms with Gasteiger partial charge in [-0.25, -0.2) is 4.79 Å². The van der Waals surface area contributed by atoms with Crippen molar-refractivity contribution in [1.82, 2.24) is 5.32 Å². The average molecular weight is 337 g/mol. The fourth-order valence-electron chi connectivity index (χ4n) is 2.35. The van der Waals surface area contributed by atoms with Crippen LogP contribution in [0, 0.1) is 0 Å². The minimum atomic E-state index is -0.585. The Labute approximate surface area is 143 Å². The maximum Gasteiger partial charge on any atom is 0.329 e. The molecule has 1 aromatic carbocycles. The highest BCUT2D eigenvalue weighted by molar-refractivity contribution is 7.99. The molecule has 4 nitrogen and oxygen atoms in total. The summed E-state index contributed by atoms with van der Waals surface area (Å²) in [6, 6.07) is 9.56. The van der Waals surface area contributed by atoms with E-state index in [0.717, 1.165) is 31.4 Å². The Morgan fingerprint density at radius 2 is 2.00 bits per heavy atom. The molecule has 0 heterocycles. The number of carbonyl (C=O) groups excluding carboxylic acids is 2. The summed E-state index contributed by atoms with van der Waals surface area (Å²) in [4.78, 5) is 23.1. The van der Waals surface area contributed by atoms with Gasteiger partial charge in [-0.1, -0.05) is 56.5 Å². The van der Waals surface area contributed by atoms with Crippen LogP contribution in [0.4, 0.5) is 0 Å². The minimum absolute atomic E-state index is 0.0195. The smallest absolute Gasteiger partial charge is 0.329 e. The van der Waals surface area contributed by atoms with E-state index in [9.17, 15) is 9.59 Å². The summed E-state index contributed by atoms with van der Waals surface area (Å²) in [6.45, 7) is 4.25. The molecule has 0 bridgehead atoms. The van der Waals surface area contributed by atoms with Crippen LogP contribution in [0.15, 0.2) is 30.3 Å². The number of esters is 1. The van der Waals surface area contributed by atoms with Crippen molar-refractivity contribution in [3.05, 3.63) is 35.9 Å². The molecular weight excluding hydrogens is 310 g/mol. The van der Waals surface area contributed by atoms with E-state index in [1.54, 1.807) is 18.7 Å². The lowest BCUT2D eigenvalue weighted by molar-refractivity contribution is -0.146. The molecule has 0 aromatic heterocycles. The molecular formula is C18H27NO3S. The Balaban J connectivity index is 2.73. The number of hydrogen-bond donors (Lipinski definition) is 1. The maximum absolute atomic E-state index is 12.2. The number of carbonyl (C=O) groups is 2. The molecule has 2 unspecified atom stereocenters. The van der Waals surface area contributed by atoms with E-state index in [4.69, 9.17) is 4.74 Å². The van der Waals surface area contributed by atoms with Gasteiger partial charge in [-0.3, -0.25) is 4.79 Å². The lowest BCUT2D eigenvalue weighted by atomic mass is 10.1. The zero-order chi connectivity index (χ0) is 16.9. The lowest BCUT2D eigenvalue weighted by Crippen LogP contribution is -2.45. The van der Waals surface area contributed by atoms with E-state index in [0.29, 0.717) is 13.0 Å². The summed E-state index contributed by atoms with van der Waals surface area (Å²) in [7, 11) is 0. The molecule has 0 aliphatic rings. The first kappa shape index (κ1) is 19.6. The number of thioether (sulfide) groups is 1. The molecule has 0 aliphatic heterocycles. The topological polar surface area (TPSA) is 55.4 Å². The lowest BCUT2D eigenvalue weighted by Gasteiger charge is -2.25. The highest BCUT2D eigenvalue weighted by atomic mass is 32.2. The molecule has 0 saturated carbocycles. The van der Waals surface area contributed by atoms with Crippen LogP contribution in [0.3, 0.4) is 0 Å². The third-order valence-corrected chi connectivity index (χ3v) is 5.00. The van der Waals surface area contributed by atoms with Crippen LogP contribution in [0.25, 0.3) is 0 Å². The fraction of sp³-hybridized carbons (Fsp3) is 0.556. The molecule has 128 valence electrons. The standard InChI is InChI=1S/C18H27NO3S/c1-3-5-7-12-16(17(19-14-20)18(21)22-4-2)23-13-15-10-8-6-9-11-15/h6,8-11,14,16-17H,3-5,7,12-13H2,1-2H3,(H,19,20). The van der Waals surface area contributed by atoms with E-state index in [2.05, 4.69) is 24.4 Å². The van der Waals surface area contributed by atoms with Crippen LogP contribution in [0.1, 0.15) is 45.1 Å². The highest BCUT2D eigenvalue weighted by Gasteiger charge is 2.29. The molecule has 5 heteroatoms. The van der Waals surface area contributed by atoms with Gasteiger partial charge in [0.2, 0.25) is 6.41 Å². The van der Waals surface area contributed by atoms with Crippen molar-refractivity contribution < 1.29 is 14.3 Å². The van der Waals surface area contributed by atoms with Gasteiger partial charge < -0.3 is 10.1 Å². The van der Waals surface area contributed by atoms with E-state index in [1.165, 1.54) is 5.56 Å². The van der Waals surface area contributed by atoms with Gasteiger partial charge in [-0.2, -0.15) is 11.8 Å². The first-order valence-electron chi connectivity index (χ1n) is 8.24. The summed E-state index contributed by atoms with van der Waals surface area (Å²) in [6.07, 6.45) is 4.77.